The maximum Gasteiger partial charge on any atom is 0.422 e. The molecule has 30 heteroatoms. The van der Waals surface area contributed by atoms with Crippen LogP contribution in [0.2, 0.25) is 0 Å². The number of hydrogen-bond donors (Lipinski definition) is 2. The van der Waals surface area contributed by atoms with Crippen LogP contribution >= 0.6 is 0 Å². The Balaban J connectivity index is 1.14. The number of nitrogens with zero attached hydrogens (tertiary/aromatic N) is 10. The number of fused-ring (bicyclic) bond motifs is 4. The second kappa shape index (κ2) is 36.5. The Morgan fingerprint density at radius 3 is 1.91 bits per heavy atom. The SMILES string of the molecule is CCC[C@H]1C(=O)N[C@@H]([C@@H](C)CC)C(=O)N2CCC[C@H]2C(=O)N(C)[C@H]2C/C=C\CCN(C2=O)[C@@H](Cc2ccc(C)cc2)C(=O)N(C)CC(=O)N[C@@H](CCc2cc(F)c(C(F)(F)F)c(F)c2)C(=O)N2C[C@H](OCC)C[C@H]2C(=O)N(C)C2(CCC2)C(=O)N(C)[C@@H](C2CCCC2)C(=O)N(C)[C@H](C(=O)N2CCCC2)CC(=O)N1C. The quantitative estimate of drug-likeness (QED) is 0.167. The first-order valence-electron chi connectivity index (χ1n) is 39.0. The van der Waals surface area contributed by atoms with Gasteiger partial charge < -0.3 is 64.4 Å². The normalized spacial score (nSPS) is 27.8. The average Bonchev–Trinajstić information content (AvgIpc) is 1.61. The summed E-state index contributed by atoms with van der Waals surface area (Å²) in [6.45, 7) is 8.83. The predicted octanol–water partition coefficient (Wildman–Crippen LogP) is 6.19. The van der Waals surface area contributed by atoms with Crippen molar-refractivity contribution >= 4 is 70.9 Å². The molecule has 5 heterocycles. The van der Waals surface area contributed by atoms with Crippen LogP contribution in [0.25, 0.3) is 0 Å². The molecule has 12 amide bonds. The van der Waals surface area contributed by atoms with Crippen LogP contribution in [0.5, 0.6) is 0 Å². The number of nitrogens with one attached hydrogen (secondary N) is 2. The molecule has 2 aliphatic carbocycles. The molecule has 109 heavy (non-hydrogen) atoms. The Labute approximate surface area is 636 Å². The van der Waals surface area contributed by atoms with Crippen molar-refractivity contribution < 1.29 is 84.2 Å². The molecule has 600 valence electrons. The standard InChI is InChI=1S/C79H111F5N12O13/c1-12-24-57-68(99)86-66(49(5)13-2)75(106)94-40-22-28-59(94)71(102)89(8)58-27-16-15-19-39-95(74(58)105)61(43-50-31-29-48(4)30-32-50)70(101)87(6)47-63(97)85-56(34-33-51-41-54(80)65(55(81)42-51)79(82,83)84)69(100)96-46-53(109-14-3)44-62(96)72(103)92(11)78(35-23-36-78)77(108)91(10)67(52-25-17-18-26-52)76(107)90(9)60(45-64(98)88(57)7)73(104)93-37-20-21-38-93/h15-16,29-32,41-42,49,52-53,56-62,66-67H,12-14,17-28,33-40,43-47H2,1-11H3,(H,85,97)(H,86,99)/b16-15-/t49-,53+,56-,57-,58-,59-,60-,61-,62-,66-,67-/m0/s1. The van der Waals surface area contributed by atoms with Gasteiger partial charge in [0.05, 0.1) is 19.1 Å². The second-order valence-electron chi connectivity index (χ2n) is 31.1. The van der Waals surface area contributed by atoms with E-state index in [1.54, 1.807) is 37.0 Å². The number of likely N-dealkylation sites (N-methyl/N-ethyl adjacent to an activating group) is 6. The molecule has 11 atom stereocenters. The number of benzene rings is 2. The van der Waals surface area contributed by atoms with Gasteiger partial charge in [0.1, 0.15) is 77.1 Å². The van der Waals surface area contributed by atoms with Gasteiger partial charge in [0.15, 0.2) is 0 Å². The van der Waals surface area contributed by atoms with E-state index in [1.165, 1.54) is 76.6 Å². The lowest BCUT2D eigenvalue weighted by Crippen LogP contribution is -2.68. The molecule has 2 saturated carbocycles. The first-order chi connectivity index (χ1) is 51.7. The van der Waals surface area contributed by atoms with Crippen molar-refractivity contribution in [2.24, 2.45) is 11.8 Å². The van der Waals surface area contributed by atoms with E-state index in [0.717, 1.165) is 15.4 Å². The van der Waals surface area contributed by atoms with Gasteiger partial charge in [-0.2, -0.15) is 13.2 Å². The smallest absolute Gasteiger partial charge is 0.377 e. The number of hydrogen-bond acceptors (Lipinski definition) is 13. The molecule has 2 N–H and O–H groups in total. The molecule has 7 aliphatic rings. The van der Waals surface area contributed by atoms with Crippen LogP contribution in [0.15, 0.2) is 48.6 Å². The first kappa shape index (κ1) is 84.4. The highest BCUT2D eigenvalue weighted by atomic mass is 19.4. The predicted molar refractivity (Wildman–Crippen MR) is 393 cm³/mol. The number of halogens is 5. The third-order valence-corrected chi connectivity index (χ3v) is 24.0. The fraction of sp³-hybridized carbons (Fsp3) is 0.671. The number of amides is 12. The Morgan fingerprint density at radius 2 is 1.30 bits per heavy atom. The molecule has 25 nitrogen and oxygen atoms in total. The molecule has 1 spiro atoms. The van der Waals surface area contributed by atoms with Gasteiger partial charge in [-0.15, -0.1) is 0 Å². The molecule has 2 bridgehead atoms. The van der Waals surface area contributed by atoms with E-state index in [1.807, 2.05) is 39.0 Å². The van der Waals surface area contributed by atoms with Crippen LogP contribution in [0.3, 0.4) is 0 Å². The fourth-order valence-corrected chi connectivity index (χ4v) is 17.1. The van der Waals surface area contributed by atoms with E-state index in [2.05, 4.69) is 10.6 Å². The average molecular weight is 1530 g/mol. The van der Waals surface area contributed by atoms with Crippen LogP contribution in [-0.2, 0) is 81.3 Å². The number of ether oxygens (including phenoxy) is 1. The van der Waals surface area contributed by atoms with E-state index in [9.17, 15) is 18.0 Å². The zero-order chi connectivity index (χ0) is 79.7. The summed E-state index contributed by atoms with van der Waals surface area (Å²) in [6.07, 6.45) is 1.63. The van der Waals surface area contributed by atoms with Crippen molar-refractivity contribution in [3.63, 3.8) is 0 Å². The highest BCUT2D eigenvalue weighted by molar-refractivity contribution is 6.01. The van der Waals surface area contributed by atoms with E-state index in [0.29, 0.717) is 95.0 Å². The van der Waals surface area contributed by atoms with Crippen LogP contribution in [0.4, 0.5) is 22.0 Å². The van der Waals surface area contributed by atoms with E-state index in [4.69, 9.17) is 4.74 Å². The largest absolute Gasteiger partial charge is 0.422 e. The third kappa shape index (κ3) is 18.7. The van der Waals surface area contributed by atoms with Gasteiger partial charge in [-0.25, -0.2) is 8.78 Å². The molecule has 4 saturated heterocycles. The lowest BCUT2D eigenvalue weighted by Gasteiger charge is -2.51. The maximum absolute atomic E-state index is 15.8. The molecule has 5 aliphatic heterocycles. The topological polar surface area (TPSA) is 271 Å². The highest BCUT2D eigenvalue weighted by Crippen LogP contribution is 2.43. The summed E-state index contributed by atoms with van der Waals surface area (Å²) in [6, 6.07) is -3.78. The molecule has 0 aromatic heterocycles. The van der Waals surface area contributed by atoms with E-state index < -0.39 is 198 Å². The Morgan fingerprint density at radius 1 is 0.642 bits per heavy atom. The molecule has 0 radical (unpaired) electrons. The fourth-order valence-electron chi connectivity index (χ4n) is 17.1. The van der Waals surface area contributed by atoms with Crippen molar-refractivity contribution in [1.82, 2.24) is 59.6 Å². The summed E-state index contributed by atoms with van der Waals surface area (Å²) in [4.78, 5) is 197. The Bertz CT molecular complexity index is 3690. The first-order valence-corrected chi connectivity index (χ1v) is 39.0. The highest BCUT2D eigenvalue weighted by Gasteiger charge is 2.57. The molecule has 9 rings (SSSR count). The van der Waals surface area contributed by atoms with Crippen LogP contribution in [0.1, 0.15) is 172 Å². The number of carbonyl (C=O) groups is 12. The minimum absolute atomic E-state index is 0.0120. The number of carbonyl (C=O) groups excluding carboxylic acids is 12. The van der Waals surface area contributed by atoms with E-state index >= 15 is 61.5 Å². The minimum Gasteiger partial charge on any atom is -0.377 e. The van der Waals surface area contributed by atoms with Crippen molar-refractivity contribution in [2.45, 2.75) is 242 Å². The van der Waals surface area contributed by atoms with Gasteiger partial charge >= 0.3 is 6.18 Å². The van der Waals surface area contributed by atoms with E-state index in [-0.39, 0.29) is 83.2 Å². The van der Waals surface area contributed by atoms with Crippen molar-refractivity contribution in [3.05, 3.63) is 82.4 Å². The van der Waals surface area contributed by atoms with Gasteiger partial charge in [-0.3, -0.25) is 57.5 Å². The lowest BCUT2D eigenvalue weighted by molar-refractivity contribution is -0.166. The van der Waals surface area contributed by atoms with Gasteiger partial charge in [0, 0.05) is 94.5 Å². The Hall–Kier alpha value is -8.57. The zero-order valence-electron chi connectivity index (χ0n) is 65.0. The molecule has 2 aromatic rings. The maximum atomic E-state index is 15.8. The number of aryl methyl sites for hydroxylation is 2. The summed E-state index contributed by atoms with van der Waals surface area (Å²) in [5.74, 6) is -13.1. The third-order valence-electron chi connectivity index (χ3n) is 24.0. The second-order valence-corrected chi connectivity index (χ2v) is 31.1. The van der Waals surface area contributed by atoms with Gasteiger partial charge in [-0.1, -0.05) is 88.4 Å². The van der Waals surface area contributed by atoms with Gasteiger partial charge in [-0.05, 0) is 139 Å². The molecular weight excluding hydrogens is 1420 g/mol. The number of rotatable bonds is 13. The molecule has 2 aromatic carbocycles. The summed E-state index contributed by atoms with van der Waals surface area (Å²) in [5, 5.41) is 5.65. The summed E-state index contributed by atoms with van der Waals surface area (Å²) in [7, 11) is 8.50. The van der Waals surface area contributed by atoms with Crippen LogP contribution in [-0.4, -0.2) is 274 Å². The number of likely N-dealkylation sites (tertiary alicyclic amines) is 1. The van der Waals surface area contributed by atoms with Gasteiger partial charge in [0.25, 0.3) is 0 Å². The zero-order valence-corrected chi connectivity index (χ0v) is 65.0. The van der Waals surface area contributed by atoms with Gasteiger partial charge in [0.2, 0.25) is 70.9 Å². The number of alkyl halides is 3. The van der Waals surface area contributed by atoms with Crippen LogP contribution in [0, 0.1) is 30.4 Å². The molecule has 6 fully saturated rings. The Kier molecular flexibility index (Phi) is 28.3. The summed E-state index contributed by atoms with van der Waals surface area (Å²) in [5.41, 5.74) is -2.58. The lowest BCUT2D eigenvalue weighted by atomic mass is 9.73. The summed E-state index contributed by atoms with van der Waals surface area (Å²) < 4.78 is 78.4. The summed E-state index contributed by atoms with van der Waals surface area (Å²) >= 11 is 0. The van der Waals surface area contributed by atoms with Crippen molar-refractivity contribution in [2.75, 3.05) is 88.2 Å². The van der Waals surface area contributed by atoms with Crippen molar-refractivity contribution in [3.8, 4) is 0 Å². The molecular formula is C79H111F5N12O13. The monoisotopic (exact) mass is 1530 g/mol. The van der Waals surface area contributed by atoms with Crippen molar-refractivity contribution in [1.29, 1.82) is 0 Å². The van der Waals surface area contributed by atoms with Crippen LogP contribution < -0.4 is 10.6 Å². The molecule has 0 unspecified atom stereocenters. The minimum atomic E-state index is -5.41.